The predicted octanol–water partition coefficient (Wildman–Crippen LogP) is 4.45. The van der Waals surface area contributed by atoms with E-state index >= 15 is 0 Å². The van der Waals surface area contributed by atoms with Gasteiger partial charge in [0.2, 0.25) is 19.9 Å². The van der Waals surface area contributed by atoms with Crippen LogP contribution in [-0.2, 0) is 19.9 Å². The average molecular weight is 560 g/mol. The quantitative estimate of drug-likeness (QED) is 0.209. The lowest BCUT2D eigenvalue weighted by Gasteiger charge is -2.27. The van der Waals surface area contributed by atoms with Gasteiger partial charge in [-0.05, 0) is 41.8 Å². The number of hydrogen-bond acceptors (Lipinski definition) is 7. The molecule has 2 atom stereocenters. The molecule has 0 bridgehead atoms. The number of sulfone groups is 1. The molecule has 0 aromatic heterocycles. The zero-order valence-corrected chi connectivity index (χ0v) is 23.7. The fraction of sp³-hybridized carbons (Fsp3) is 0.385. The lowest BCUT2D eigenvalue weighted by molar-refractivity contribution is 0.122. The number of anilines is 1. The molecule has 0 aliphatic heterocycles. The maximum atomic E-state index is 13.8. The van der Waals surface area contributed by atoms with Gasteiger partial charge in [0.1, 0.15) is 0 Å². The number of rotatable bonds is 11. The number of aliphatic hydroxyl groups is 1. The van der Waals surface area contributed by atoms with Crippen LogP contribution in [0.3, 0.4) is 0 Å². The van der Waals surface area contributed by atoms with Crippen molar-refractivity contribution in [2.45, 2.75) is 47.6 Å². The first-order valence-corrected chi connectivity index (χ1v) is 15.0. The SMILES string of the molecule is CC(C)CN(CC(O)[C@H](C)N=[N+]=[N-])S(=O)(=O)c1cccc(S(=O)(=O)c2cccc3c(N(C)C)cccc23)c1. The molecular weight excluding hydrogens is 526 g/mol. The van der Waals surface area contributed by atoms with Crippen LogP contribution >= 0.6 is 0 Å². The Kier molecular flexibility index (Phi) is 9.06. The second-order valence-electron chi connectivity index (χ2n) is 9.73. The smallest absolute Gasteiger partial charge is 0.243 e. The van der Waals surface area contributed by atoms with E-state index < -0.39 is 32.0 Å². The molecule has 12 heteroatoms. The molecule has 0 spiro atoms. The van der Waals surface area contributed by atoms with Crippen molar-refractivity contribution < 1.29 is 21.9 Å². The molecule has 0 fully saturated rings. The van der Waals surface area contributed by atoms with Crippen molar-refractivity contribution in [3.63, 3.8) is 0 Å². The Balaban J connectivity index is 2.09. The van der Waals surface area contributed by atoms with Gasteiger partial charge in [0.15, 0.2) is 0 Å². The molecule has 204 valence electrons. The van der Waals surface area contributed by atoms with Crippen LogP contribution in [0.15, 0.2) is 80.5 Å². The average Bonchev–Trinajstić information content (AvgIpc) is 2.87. The lowest BCUT2D eigenvalue weighted by Crippen LogP contribution is -2.42. The van der Waals surface area contributed by atoms with Crippen LogP contribution in [0.2, 0.25) is 0 Å². The van der Waals surface area contributed by atoms with Crippen LogP contribution in [0.4, 0.5) is 5.69 Å². The van der Waals surface area contributed by atoms with Gasteiger partial charge in [-0.25, -0.2) is 16.8 Å². The molecule has 3 aromatic rings. The van der Waals surface area contributed by atoms with E-state index in [0.717, 1.165) is 21.4 Å². The van der Waals surface area contributed by atoms with Crippen molar-refractivity contribution >= 4 is 36.3 Å². The Morgan fingerprint density at radius 1 is 0.895 bits per heavy atom. The first-order chi connectivity index (χ1) is 17.8. The van der Waals surface area contributed by atoms with Gasteiger partial charge in [-0.15, -0.1) is 0 Å². The van der Waals surface area contributed by atoms with Crippen LogP contribution in [0.5, 0.6) is 0 Å². The van der Waals surface area contributed by atoms with Crippen molar-refractivity contribution in [3.8, 4) is 0 Å². The number of fused-ring (bicyclic) bond motifs is 1. The molecule has 0 aliphatic carbocycles. The Labute approximate surface area is 224 Å². The molecule has 38 heavy (non-hydrogen) atoms. The van der Waals surface area contributed by atoms with Crippen molar-refractivity contribution in [1.82, 2.24) is 4.31 Å². The summed E-state index contributed by atoms with van der Waals surface area (Å²) in [6.07, 6.45) is -1.24. The molecule has 0 saturated carbocycles. The summed E-state index contributed by atoms with van der Waals surface area (Å²) < 4.78 is 56.0. The van der Waals surface area contributed by atoms with Gasteiger partial charge in [0, 0.05) is 48.6 Å². The Bertz CT molecular complexity index is 1570. The molecule has 10 nitrogen and oxygen atoms in total. The zero-order valence-electron chi connectivity index (χ0n) is 22.1. The minimum Gasteiger partial charge on any atom is -0.391 e. The third-order valence-corrected chi connectivity index (χ3v) is 9.77. The summed E-state index contributed by atoms with van der Waals surface area (Å²) in [5.41, 5.74) is 9.52. The number of aliphatic hydroxyl groups excluding tert-OH is 1. The Hall–Kier alpha value is -3.15. The molecule has 0 aliphatic rings. The third kappa shape index (κ3) is 6.11. The molecule has 0 radical (unpaired) electrons. The minimum absolute atomic E-state index is 0.0749. The minimum atomic E-state index is -4.20. The largest absolute Gasteiger partial charge is 0.391 e. The normalized spacial score (nSPS) is 13.9. The van der Waals surface area contributed by atoms with E-state index in [1.54, 1.807) is 18.2 Å². The van der Waals surface area contributed by atoms with E-state index in [0.29, 0.717) is 5.39 Å². The first kappa shape index (κ1) is 29.4. The van der Waals surface area contributed by atoms with E-state index in [1.807, 2.05) is 45.0 Å². The number of azide groups is 1. The molecule has 0 amide bonds. The second-order valence-corrected chi connectivity index (χ2v) is 13.6. The van der Waals surface area contributed by atoms with Gasteiger partial charge in [0.25, 0.3) is 0 Å². The summed E-state index contributed by atoms with van der Waals surface area (Å²) in [6.45, 7) is 4.91. The molecule has 3 aromatic carbocycles. The topological polar surface area (TPSA) is 144 Å². The fourth-order valence-corrected chi connectivity index (χ4v) is 7.43. The lowest BCUT2D eigenvalue weighted by atomic mass is 10.1. The van der Waals surface area contributed by atoms with E-state index in [-0.39, 0.29) is 33.7 Å². The van der Waals surface area contributed by atoms with E-state index in [1.165, 1.54) is 31.2 Å². The van der Waals surface area contributed by atoms with E-state index in [9.17, 15) is 21.9 Å². The molecular formula is C26H33N5O5S2. The van der Waals surface area contributed by atoms with Gasteiger partial charge in [-0.3, -0.25) is 0 Å². The standard InChI is InChI=1S/C26H33N5O5S2/c1-18(2)16-31(17-25(32)19(3)28-29-27)38(35,36)21-10-6-9-20(15-21)37(33,34)26-14-8-11-22-23(26)12-7-13-24(22)30(4)5/h6-15,18-19,25,32H,16-17H2,1-5H3/t19-,25?/m0/s1. The van der Waals surface area contributed by atoms with E-state index in [2.05, 4.69) is 10.0 Å². The highest BCUT2D eigenvalue weighted by Gasteiger charge is 2.30. The number of benzene rings is 3. The van der Waals surface area contributed by atoms with Crippen LogP contribution in [0.1, 0.15) is 20.8 Å². The summed E-state index contributed by atoms with van der Waals surface area (Å²) in [6, 6.07) is 14.8. The second kappa shape index (κ2) is 11.7. The van der Waals surface area contributed by atoms with Crippen molar-refractivity contribution in [2.24, 2.45) is 11.0 Å². The highest BCUT2D eigenvalue weighted by molar-refractivity contribution is 7.92. The van der Waals surface area contributed by atoms with Gasteiger partial charge in [-0.1, -0.05) is 56.2 Å². The molecule has 0 saturated heterocycles. The summed E-state index contributed by atoms with van der Waals surface area (Å²) in [7, 11) is -4.54. The van der Waals surface area contributed by atoms with Crippen molar-refractivity contribution in [2.75, 3.05) is 32.1 Å². The fourth-order valence-electron chi connectivity index (χ4n) is 4.16. The van der Waals surface area contributed by atoms with Gasteiger partial charge in [0.05, 0.1) is 26.8 Å². The summed E-state index contributed by atoms with van der Waals surface area (Å²) in [5.74, 6) is -0.0831. The van der Waals surface area contributed by atoms with Gasteiger partial charge in [-0.2, -0.15) is 4.31 Å². The predicted molar refractivity (Wildman–Crippen MR) is 148 cm³/mol. The third-order valence-electron chi connectivity index (χ3n) is 6.13. The molecule has 0 heterocycles. The van der Waals surface area contributed by atoms with Crippen LogP contribution in [0, 0.1) is 5.92 Å². The Morgan fingerprint density at radius 2 is 1.50 bits per heavy atom. The highest BCUT2D eigenvalue weighted by atomic mass is 32.2. The maximum absolute atomic E-state index is 13.8. The van der Waals surface area contributed by atoms with Crippen molar-refractivity contribution in [1.29, 1.82) is 0 Å². The summed E-state index contributed by atoms with van der Waals surface area (Å²) >= 11 is 0. The summed E-state index contributed by atoms with van der Waals surface area (Å²) in [5, 5.41) is 15.2. The first-order valence-electron chi connectivity index (χ1n) is 12.1. The van der Waals surface area contributed by atoms with E-state index in [4.69, 9.17) is 5.53 Å². The molecule has 3 rings (SSSR count). The summed E-state index contributed by atoms with van der Waals surface area (Å²) in [4.78, 5) is 4.28. The number of nitrogens with zero attached hydrogens (tertiary/aromatic N) is 5. The Morgan fingerprint density at radius 3 is 2.13 bits per heavy atom. The monoisotopic (exact) mass is 559 g/mol. The van der Waals surface area contributed by atoms with Crippen LogP contribution in [0.25, 0.3) is 21.2 Å². The van der Waals surface area contributed by atoms with Gasteiger partial charge >= 0.3 is 0 Å². The number of sulfonamides is 1. The molecule has 1 N–H and O–H groups in total. The van der Waals surface area contributed by atoms with Gasteiger partial charge < -0.3 is 10.0 Å². The van der Waals surface area contributed by atoms with Crippen LogP contribution in [-0.4, -0.2) is 65.6 Å². The zero-order chi connectivity index (χ0) is 28.3. The maximum Gasteiger partial charge on any atom is 0.243 e. The number of hydrogen-bond donors (Lipinski definition) is 1. The highest BCUT2D eigenvalue weighted by Crippen LogP contribution is 2.34. The van der Waals surface area contributed by atoms with Crippen LogP contribution < -0.4 is 4.90 Å². The molecule has 1 unspecified atom stereocenters. The van der Waals surface area contributed by atoms with Crippen molar-refractivity contribution in [3.05, 3.63) is 71.1 Å².